The van der Waals surface area contributed by atoms with Crippen LogP contribution in [0.5, 0.6) is 0 Å². The molecule has 0 aromatic heterocycles. The van der Waals surface area contributed by atoms with Gasteiger partial charge in [-0.2, -0.15) is 23.4 Å². The molecule has 3 atom stereocenters. The third-order valence-electron chi connectivity index (χ3n) is 5.31. The molecular weight excluding hydrogens is 401 g/mol. The number of halogens is 5. The second-order valence-electron chi connectivity index (χ2n) is 6.96. The fourth-order valence-electron chi connectivity index (χ4n) is 3.71. The van der Waals surface area contributed by atoms with E-state index in [2.05, 4.69) is 16.8 Å². The van der Waals surface area contributed by atoms with Gasteiger partial charge in [-0.05, 0) is 49.0 Å². The van der Waals surface area contributed by atoms with Gasteiger partial charge >= 0.3 is 5.51 Å². The highest BCUT2D eigenvalue weighted by molar-refractivity contribution is 7.83. The largest absolute Gasteiger partial charge is 0.485 e. The fourth-order valence-corrected chi connectivity index (χ4v) is 4.60. The van der Waals surface area contributed by atoms with Gasteiger partial charge in [-0.3, -0.25) is 0 Å². The van der Waals surface area contributed by atoms with Gasteiger partial charge in [-0.1, -0.05) is 12.6 Å². The number of nitrogens with zero attached hydrogens (tertiary/aromatic N) is 3. The Kier molecular flexibility index (Phi) is 5.55. The van der Waals surface area contributed by atoms with Gasteiger partial charge in [-0.15, -0.1) is 0 Å². The van der Waals surface area contributed by atoms with Crippen LogP contribution < -0.4 is 0 Å². The van der Waals surface area contributed by atoms with Crippen LogP contribution in [0.25, 0.3) is 5.70 Å². The first kappa shape index (κ1) is 20.8. The van der Waals surface area contributed by atoms with Crippen molar-refractivity contribution in [2.24, 2.45) is 16.1 Å². The summed E-state index contributed by atoms with van der Waals surface area (Å²) in [5.74, 6) is -1.89. The maximum absolute atomic E-state index is 14.1. The maximum atomic E-state index is 14.1. The summed E-state index contributed by atoms with van der Waals surface area (Å²) >= 11 is 0. The van der Waals surface area contributed by atoms with Crippen LogP contribution in [-0.4, -0.2) is 33.2 Å². The van der Waals surface area contributed by atoms with Gasteiger partial charge in [-0.25, -0.2) is 17.3 Å². The Balaban J connectivity index is 1.99. The summed E-state index contributed by atoms with van der Waals surface area (Å²) in [6, 6.07) is 3.38. The van der Waals surface area contributed by atoms with Crippen molar-refractivity contribution in [3.8, 4) is 0 Å². The van der Waals surface area contributed by atoms with E-state index in [0.717, 1.165) is 23.5 Å². The first-order valence-corrected chi connectivity index (χ1v) is 9.61. The molecule has 4 nitrogen and oxygen atoms in total. The van der Waals surface area contributed by atoms with Gasteiger partial charge in [0.05, 0.1) is 23.3 Å². The quantitative estimate of drug-likeness (QED) is 0.638. The Morgan fingerprint density at radius 3 is 2.54 bits per heavy atom. The minimum absolute atomic E-state index is 0.0807. The molecule has 1 heterocycles. The number of hydrogen-bond acceptors (Lipinski definition) is 3. The summed E-state index contributed by atoms with van der Waals surface area (Å²) in [6.45, 7) is 3.74. The van der Waals surface area contributed by atoms with Crippen molar-refractivity contribution in [3.63, 3.8) is 0 Å². The number of alkyl halides is 3. The first-order chi connectivity index (χ1) is 13.0. The van der Waals surface area contributed by atoms with Crippen molar-refractivity contribution in [1.82, 2.24) is 4.31 Å². The van der Waals surface area contributed by atoms with E-state index in [-0.39, 0.29) is 30.1 Å². The molecule has 152 valence electrons. The zero-order valence-corrected chi connectivity index (χ0v) is 15.8. The number of benzene rings is 1. The molecule has 0 spiro atoms. The molecule has 2 aliphatic rings. The molecule has 1 aliphatic heterocycles. The molecule has 0 radical (unpaired) electrons. The zero-order chi connectivity index (χ0) is 20.7. The highest BCUT2D eigenvalue weighted by Gasteiger charge is 2.51. The van der Waals surface area contributed by atoms with Gasteiger partial charge in [0.15, 0.2) is 0 Å². The van der Waals surface area contributed by atoms with E-state index in [4.69, 9.17) is 0 Å². The van der Waals surface area contributed by atoms with Crippen LogP contribution in [0.4, 0.5) is 22.0 Å². The van der Waals surface area contributed by atoms with E-state index in [1.807, 2.05) is 0 Å². The van der Waals surface area contributed by atoms with Gasteiger partial charge in [0, 0.05) is 7.05 Å². The number of azo groups is 1. The molecular formula is C18H18F5N3OS. The molecule has 1 saturated carbocycles. The highest BCUT2D eigenvalue weighted by atomic mass is 32.2. The van der Waals surface area contributed by atoms with Crippen LogP contribution in [0.1, 0.15) is 24.8 Å². The molecule has 1 aromatic rings. The Labute approximate surface area is 161 Å². The third-order valence-corrected chi connectivity index (χ3v) is 6.59. The molecule has 1 unspecified atom stereocenters. The Morgan fingerprint density at radius 2 is 1.93 bits per heavy atom. The van der Waals surface area contributed by atoms with E-state index < -0.39 is 33.7 Å². The van der Waals surface area contributed by atoms with Crippen LogP contribution in [0.3, 0.4) is 0 Å². The standard InChI is InChI=1S/C18H18F5N3OS/c1-11-8-15(16-13(19)4-3-5-14(16)20)25-24-10-17(7-6-12(11)9-17)26(2)28(27)18(21,22)23/h3-5,8,12H,1,6-7,9-10H2,2H3/b15-8-,25-24?/t12-,17-,28?/m1/s1. The SMILES string of the molecule is C=C1/C=C(/c2c(F)cccc2F)N=NC[C@@]2(N(C)S(=O)C(F)(F)F)CC[C@@H]1C2. The first-order valence-electron chi connectivity index (χ1n) is 8.50. The maximum Gasteiger partial charge on any atom is 0.485 e. The van der Waals surface area contributed by atoms with Crippen LogP contribution in [0.15, 0.2) is 46.7 Å². The van der Waals surface area contributed by atoms with E-state index >= 15 is 0 Å². The molecule has 10 heteroatoms. The monoisotopic (exact) mass is 419 g/mol. The fraction of sp³-hybridized carbons (Fsp3) is 0.444. The topological polar surface area (TPSA) is 45.0 Å². The van der Waals surface area contributed by atoms with Crippen LogP contribution in [0, 0.1) is 17.6 Å². The third kappa shape index (κ3) is 3.80. The number of rotatable bonds is 3. The lowest BCUT2D eigenvalue weighted by Gasteiger charge is -2.36. The molecule has 2 bridgehead atoms. The molecule has 0 amide bonds. The van der Waals surface area contributed by atoms with Crippen molar-refractivity contribution in [3.05, 3.63) is 53.6 Å². The Morgan fingerprint density at radius 1 is 1.29 bits per heavy atom. The average molecular weight is 419 g/mol. The van der Waals surface area contributed by atoms with Crippen molar-refractivity contribution < 1.29 is 26.2 Å². The van der Waals surface area contributed by atoms with Crippen molar-refractivity contribution in [2.45, 2.75) is 30.3 Å². The predicted octanol–water partition coefficient (Wildman–Crippen LogP) is 4.98. The second-order valence-corrected chi connectivity index (χ2v) is 8.47. The van der Waals surface area contributed by atoms with Crippen LogP contribution in [0.2, 0.25) is 0 Å². The predicted molar refractivity (Wildman–Crippen MR) is 95.2 cm³/mol. The van der Waals surface area contributed by atoms with Gasteiger partial charge in [0.2, 0.25) is 11.0 Å². The van der Waals surface area contributed by atoms with Crippen molar-refractivity contribution in [2.75, 3.05) is 13.6 Å². The smallest absolute Gasteiger partial charge is 0.233 e. The van der Waals surface area contributed by atoms with E-state index in [9.17, 15) is 26.2 Å². The molecule has 1 fully saturated rings. The summed E-state index contributed by atoms with van der Waals surface area (Å²) in [5.41, 5.74) is -5.98. The van der Waals surface area contributed by atoms with Crippen LogP contribution in [-0.2, 0) is 11.0 Å². The minimum atomic E-state index is -4.89. The van der Waals surface area contributed by atoms with Crippen molar-refractivity contribution >= 4 is 16.7 Å². The summed E-state index contributed by atoms with van der Waals surface area (Å²) < 4.78 is 79.9. The number of hydrogen-bond donors (Lipinski definition) is 0. The number of allylic oxidation sites excluding steroid dienone is 2. The molecule has 0 saturated heterocycles. The van der Waals surface area contributed by atoms with Gasteiger partial charge < -0.3 is 0 Å². The zero-order valence-electron chi connectivity index (χ0n) is 15.0. The summed E-state index contributed by atoms with van der Waals surface area (Å²) in [4.78, 5) is 0. The van der Waals surface area contributed by atoms with E-state index in [1.54, 1.807) is 0 Å². The second kappa shape index (κ2) is 7.47. The lowest BCUT2D eigenvalue weighted by atomic mass is 9.92. The summed E-state index contributed by atoms with van der Waals surface area (Å²) in [7, 11) is -2.06. The molecule has 1 aromatic carbocycles. The summed E-state index contributed by atoms with van der Waals surface area (Å²) in [5, 5.41) is 7.83. The van der Waals surface area contributed by atoms with Crippen molar-refractivity contribution in [1.29, 1.82) is 0 Å². The number of fused-ring (bicyclic) bond motifs is 2. The van der Waals surface area contributed by atoms with Gasteiger partial charge in [0.1, 0.15) is 11.6 Å². The molecule has 28 heavy (non-hydrogen) atoms. The lowest BCUT2D eigenvalue weighted by Crippen LogP contribution is -2.51. The highest BCUT2D eigenvalue weighted by Crippen LogP contribution is 2.45. The average Bonchev–Trinajstić information content (AvgIpc) is 3.06. The molecule has 1 aliphatic carbocycles. The van der Waals surface area contributed by atoms with E-state index in [0.29, 0.717) is 18.4 Å². The minimum Gasteiger partial charge on any atom is -0.233 e. The molecule has 3 rings (SSSR count). The molecule has 0 N–H and O–H groups in total. The Hall–Kier alpha value is -1.94. The number of likely N-dealkylation sites (N-methyl/N-ethyl adjacent to an activating group) is 1. The lowest BCUT2D eigenvalue weighted by molar-refractivity contribution is -0.0448. The normalized spacial score (nSPS) is 28.5. The Bertz CT molecular complexity index is 862. The van der Waals surface area contributed by atoms with Gasteiger partial charge in [0.25, 0.3) is 0 Å². The van der Waals surface area contributed by atoms with Crippen LogP contribution >= 0.6 is 0 Å². The summed E-state index contributed by atoms with van der Waals surface area (Å²) in [6.07, 6.45) is 2.48. The van der Waals surface area contributed by atoms with E-state index in [1.165, 1.54) is 12.1 Å².